The second kappa shape index (κ2) is 9.89. The standard InChI is InChI=1S/C24H18ClFN4O2/c25-20-10-5-11-21(26)19(20)14-27-30-24(31)23-13-22(28-29-23)17-8-4-9-18(12-17)32-15-16-6-2-1-3-7-16/h1-14H,15H2,(H,28,29)(H,30,31). The minimum absolute atomic E-state index is 0.0899. The second-order valence-electron chi connectivity index (χ2n) is 6.80. The summed E-state index contributed by atoms with van der Waals surface area (Å²) in [6, 6.07) is 23.2. The molecule has 0 bridgehead atoms. The van der Waals surface area contributed by atoms with Gasteiger partial charge in [-0.2, -0.15) is 10.2 Å². The Balaban J connectivity index is 1.41. The van der Waals surface area contributed by atoms with E-state index in [9.17, 15) is 9.18 Å². The number of carbonyl (C=O) groups is 1. The third kappa shape index (κ3) is 5.19. The topological polar surface area (TPSA) is 79.4 Å². The van der Waals surface area contributed by atoms with E-state index in [0.29, 0.717) is 18.1 Å². The fourth-order valence-electron chi connectivity index (χ4n) is 2.92. The van der Waals surface area contributed by atoms with Crippen molar-refractivity contribution in [3.63, 3.8) is 0 Å². The summed E-state index contributed by atoms with van der Waals surface area (Å²) in [5.74, 6) is -0.371. The lowest BCUT2D eigenvalue weighted by Crippen LogP contribution is -2.18. The molecule has 0 aliphatic heterocycles. The van der Waals surface area contributed by atoms with Gasteiger partial charge in [0.05, 0.1) is 16.9 Å². The number of amides is 1. The Hall–Kier alpha value is -3.97. The van der Waals surface area contributed by atoms with Gasteiger partial charge in [0.15, 0.2) is 0 Å². The van der Waals surface area contributed by atoms with Gasteiger partial charge >= 0.3 is 0 Å². The number of carbonyl (C=O) groups excluding carboxylic acids is 1. The lowest BCUT2D eigenvalue weighted by Gasteiger charge is -2.07. The number of hydrogen-bond donors (Lipinski definition) is 2. The van der Waals surface area contributed by atoms with Crippen molar-refractivity contribution >= 4 is 23.7 Å². The Kier molecular flexibility index (Phi) is 6.57. The third-order valence-electron chi connectivity index (χ3n) is 4.56. The predicted octanol–water partition coefficient (Wildman–Crippen LogP) is 5.21. The van der Waals surface area contributed by atoms with Crippen LogP contribution in [0.25, 0.3) is 11.3 Å². The summed E-state index contributed by atoms with van der Waals surface area (Å²) in [7, 11) is 0. The summed E-state index contributed by atoms with van der Waals surface area (Å²) in [5.41, 5.74) is 5.04. The number of hydrogen-bond acceptors (Lipinski definition) is 4. The fraction of sp³-hybridized carbons (Fsp3) is 0.0417. The van der Waals surface area contributed by atoms with Gasteiger partial charge in [-0.3, -0.25) is 9.89 Å². The molecule has 0 saturated heterocycles. The van der Waals surface area contributed by atoms with E-state index in [-0.39, 0.29) is 16.3 Å². The molecule has 1 aromatic heterocycles. The molecule has 1 amide bonds. The lowest BCUT2D eigenvalue weighted by atomic mass is 10.1. The Labute approximate surface area is 188 Å². The molecule has 0 atom stereocenters. The van der Waals surface area contributed by atoms with E-state index in [1.165, 1.54) is 18.2 Å². The van der Waals surface area contributed by atoms with Gasteiger partial charge in [-0.1, -0.05) is 60.1 Å². The van der Waals surface area contributed by atoms with E-state index in [1.807, 2.05) is 54.6 Å². The van der Waals surface area contributed by atoms with E-state index < -0.39 is 11.7 Å². The smallest absolute Gasteiger partial charge is 0.289 e. The Morgan fingerprint density at radius 1 is 1.09 bits per heavy atom. The number of nitrogens with zero attached hydrogens (tertiary/aromatic N) is 2. The molecule has 32 heavy (non-hydrogen) atoms. The van der Waals surface area contributed by atoms with E-state index in [1.54, 1.807) is 6.07 Å². The van der Waals surface area contributed by atoms with Gasteiger partial charge in [-0.25, -0.2) is 9.82 Å². The second-order valence-corrected chi connectivity index (χ2v) is 7.21. The van der Waals surface area contributed by atoms with Crippen molar-refractivity contribution in [1.82, 2.24) is 15.6 Å². The number of rotatable bonds is 7. The van der Waals surface area contributed by atoms with Gasteiger partial charge in [0.2, 0.25) is 0 Å². The van der Waals surface area contributed by atoms with Crippen LogP contribution in [0.4, 0.5) is 4.39 Å². The van der Waals surface area contributed by atoms with E-state index in [4.69, 9.17) is 16.3 Å². The summed E-state index contributed by atoms with van der Waals surface area (Å²) in [4.78, 5) is 12.3. The number of H-pyrrole nitrogens is 1. The number of nitrogens with one attached hydrogen (secondary N) is 2. The zero-order valence-corrected chi connectivity index (χ0v) is 17.5. The number of hydrazone groups is 1. The average Bonchev–Trinajstić information content (AvgIpc) is 3.31. The Morgan fingerprint density at radius 3 is 2.72 bits per heavy atom. The largest absolute Gasteiger partial charge is 0.489 e. The number of aromatic amines is 1. The van der Waals surface area contributed by atoms with Crippen molar-refractivity contribution < 1.29 is 13.9 Å². The van der Waals surface area contributed by atoms with Gasteiger partial charge in [0, 0.05) is 11.1 Å². The molecule has 1 heterocycles. The molecule has 0 aliphatic carbocycles. The summed E-state index contributed by atoms with van der Waals surface area (Å²) < 4.78 is 19.6. The maximum Gasteiger partial charge on any atom is 0.289 e. The molecule has 0 unspecified atom stereocenters. The van der Waals surface area contributed by atoms with Gasteiger partial charge in [-0.15, -0.1) is 0 Å². The van der Waals surface area contributed by atoms with Crippen LogP contribution in [0.1, 0.15) is 21.6 Å². The van der Waals surface area contributed by atoms with Crippen molar-refractivity contribution in [1.29, 1.82) is 0 Å². The molecule has 0 spiro atoms. The highest BCUT2D eigenvalue weighted by atomic mass is 35.5. The highest BCUT2D eigenvalue weighted by Gasteiger charge is 2.11. The van der Waals surface area contributed by atoms with Gasteiger partial charge in [-0.05, 0) is 35.9 Å². The van der Waals surface area contributed by atoms with Gasteiger partial charge in [0.25, 0.3) is 5.91 Å². The van der Waals surface area contributed by atoms with Crippen LogP contribution in [0.15, 0.2) is 84.0 Å². The van der Waals surface area contributed by atoms with Crippen molar-refractivity contribution in [3.8, 4) is 17.0 Å². The van der Waals surface area contributed by atoms with E-state index in [2.05, 4.69) is 20.7 Å². The molecule has 4 rings (SSSR count). The monoisotopic (exact) mass is 448 g/mol. The molecule has 0 radical (unpaired) electrons. The average molecular weight is 449 g/mol. The first-order valence-corrected chi connectivity index (χ1v) is 10.1. The molecule has 160 valence electrons. The zero-order chi connectivity index (χ0) is 22.3. The van der Waals surface area contributed by atoms with Crippen LogP contribution >= 0.6 is 11.6 Å². The van der Waals surface area contributed by atoms with Crippen LogP contribution in [0.2, 0.25) is 5.02 Å². The molecule has 0 aliphatic rings. The van der Waals surface area contributed by atoms with E-state index >= 15 is 0 Å². The molecule has 4 aromatic rings. The number of ether oxygens (including phenoxy) is 1. The zero-order valence-electron chi connectivity index (χ0n) is 16.8. The summed E-state index contributed by atoms with van der Waals surface area (Å²) in [5, 5.41) is 10.8. The first-order valence-electron chi connectivity index (χ1n) is 9.70. The molecular formula is C24H18ClFN4O2. The van der Waals surface area contributed by atoms with Crippen LogP contribution in [0.3, 0.4) is 0 Å². The van der Waals surface area contributed by atoms with E-state index in [0.717, 1.165) is 17.3 Å². The van der Waals surface area contributed by atoms with Crippen molar-refractivity contribution in [2.75, 3.05) is 0 Å². The first-order chi connectivity index (χ1) is 15.6. The first kappa shape index (κ1) is 21.3. The SMILES string of the molecule is O=C(NN=Cc1c(F)cccc1Cl)c1cc(-c2cccc(OCc3ccccc3)c2)n[nH]1. The number of aromatic nitrogens is 2. The van der Waals surface area contributed by atoms with Gasteiger partial charge < -0.3 is 4.74 Å². The third-order valence-corrected chi connectivity index (χ3v) is 4.89. The maximum atomic E-state index is 13.8. The van der Waals surface area contributed by atoms with Gasteiger partial charge in [0.1, 0.15) is 23.9 Å². The molecule has 0 fully saturated rings. The van der Waals surface area contributed by atoms with Crippen LogP contribution in [-0.2, 0) is 6.61 Å². The summed E-state index contributed by atoms with van der Waals surface area (Å²) in [6.45, 7) is 0.447. The highest BCUT2D eigenvalue weighted by Crippen LogP contribution is 2.23. The normalized spacial score (nSPS) is 10.9. The van der Waals surface area contributed by atoms with Crippen LogP contribution < -0.4 is 10.2 Å². The van der Waals surface area contributed by atoms with Crippen molar-refractivity contribution in [3.05, 3.63) is 107 Å². The number of halogens is 2. The minimum Gasteiger partial charge on any atom is -0.489 e. The Morgan fingerprint density at radius 2 is 1.91 bits per heavy atom. The predicted molar refractivity (Wildman–Crippen MR) is 121 cm³/mol. The molecule has 6 nitrogen and oxygen atoms in total. The minimum atomic E-state index is -0.534. The summed E-state index contributed by atoms with van der Waals surface area (Å²) >= 11 is 5.93. The van der Waals surface area contributed by atoms with Crippen molar-refractivity contribution in [2.24, 2.45) is 5.10 Å². The molecule has 3 aromatic carbocycles. The molecular weight excluding hydrogens is 431 g/mol. The fourth-order valence-corrected chi connectivity index (χ4v) is 3.13. The summed E-state index contributed by atoms with van der Waals surface area (Å²) in [6.07, 6.45) is 1.15. The van der Waals surface area contributed by atoms with Crippen LogP contribution in [0, 0.1) is 5.82 Å². The van der Waals surface area contributed by atoms with Crippen LogP contribution in [0.5, 0.6) is 5.75 Å². The maximum absolute atomic E-state index is 13.8. The highest BCUT2D eigenvalue weighted by molar-refractivity contribution is 6.33. The molecule has 2 N–H and O–H groups in total. The van der Waals surface area contributed by atoms with Crippen molar-refractivity contribution in [2.45, 2.75) is 6.61 Å². The van der Waals surface area contributed by atoms with Crippen LogP contribution in [-0.4, -0.2) is 22.3 Å². The lowest BCUT2D eigenvalue weighted by molar-refractivity contribution is 0.0950. The molecule has 8 heteroatoms. The quantitative estimate of drug-likeness (QED) is 0.301. The number of benzene rings is 3. The molecule has 0 saturated carbocycles. The Bertz CT molecular complexity index is 1240.